The van der Waals surface area contributed by atoms with Gasteiger partial charge in [-0.3, -0.25) is 11.3 Å². The third-order valence-electron chi connectivity index (χ3n) is 3.24. The van der Waals surface area contributed by atoms with Crippen molar-refractivity contribution in [2.75, 3.05) is 14.1 Å². The zero-order valence-electron chi connectivity index (χ0n) is 10.6. The Morgan fingerprint density at radius 1 is 1.21 bits per heavy atom. The van der Waals surface area contributed by atoms with E-state index < -0.39 is 0 Å². The molecule has 3 nitrogen and oxygen atoms in total. The van der Waals surface area contributed by atoms with Gasteiger partial charge in [0.25, 0.3) is 0 Å². The van der Waals surface area contributed by atoms with Crippen LogP contribution in [0.2, 0.25) is 0 Å². The Kier molecular flexibility index (Phi) is 5.64. The van der Waals surface area contributed by atoms with Crippen molar-refractivity contribution in [2.45, 2.75) is 52.1 Å². The molecule has 0 bridgehead atoms. The average molecular weight is 201 g/mol. The molecule has 0 fully saturated rings. The Balaban J connectivity index is 4.25. The summed E-state index contributed by atoms with van der Waals surface area (Å²) in [7, 11) is 4.19. The van der Waals surface area contributed by atoms with Crippen LogP contribution in [0.1, 0.15) is 40.5 Å². The van der Waals surface area contributed by atoms with Gasteiger partial charge in [-0.2, -0.15) is 0 Å². The van der Waals surface area contributed by atoms with Crippen molar-refractivity contribution in [3.8, 4) is 0 Å². The number of nitrogens with two attached hydrogens (primary N) is 1. The molecule has 1 atom stereocenters. The molecule has 0 rings (SSSR count). The minimum Gasteiger partial charge on any atom is -0.303 e. The molecule has 3 heteroatoms. The summed E-state index contributed by atoms with van der Waals surface area (Å²) in [6.45, 7) is 8.93. The van der Waals surface area contributed by atoms with Crippen LogP contribution in [-0.2, 0) is 0 Å². The Labute approximate surface area is 89.0 Å². The molecule has 0 aromatic rings. The highest BCUT2D eigenvalue weighted by atomic mass is 15.3. The predicted molar refractivity (Wildman–Crippen MR) is 62.9 cm³/mol. The van der Waals surface area contributed by atoms with E-state index in [1.807, 2.05) is 0 Å². The summed E-state index contributed by atoms with van der Waals surface area (Å²) in [5, 5.41) is 0. The molecule has 0 radical (unpaired) electrons. The molecule has 0 saturated carbocycles. The fourth-order valence-electron chi connectivity index (χ4n) is 1.45. The molecule has 0 aliphatic heterocycles. The molecule has 0 aromatic carbocycles. The van der Waals surface area contributed by atoms with Crippen LogP contribution in [0, 0.1) is 5.92 Å². The van der Waals surface area contributed by atoms with Crippen molar-refractivity contribution >= 4 is 0 Å². The molecule has 0 aliphatic carbocycles. The molecule has 0 amide bonds. The quantitative estimate of drug-likeness (QED) is 0.506. The Morgan fingerprint density at radius 3 is 2.00 bits per heavy atom. The Morgan fingerprint density at radius 2 is 1.71 bits per heavy atom. The first-order chi connectivity index (χ1) is 6.32. The van der Waals surface area contributed by atoms with E-state index in [1.54, 1.807) is 0 Å². The maximum atomic E-state index is 5.61. The minimum atomic E-state index is 0.101. The smallest absolute Gasteiger partial charge is 0.0389 e. The third-order valence-corrected chi connectivity index (χ3v) is 3.24. The van der Waals surface area contributed by atoms with Crippen LogP contribution in [0.3, 0.4) is 0 Å². The van der Waals surface area contributed by atoms with Gasteiger partial charge in [0.2, 0.25) is 0 Å². The molecular weight excluding hydrogens is 174 g/mol. The molecule has 0 spiro atoms. The second-order valence-electron chi connectivity index (χ2n) is 5.24. The lowest BCUT2D eigenvalue weighted by Crippen LogP contribution is -2.57. The average Bonchev–Trinajstić information content (AvgIpc) is 2.04. The fraction of sp³-hybridized carbons (Fsp3) is 1.00. The fourth-order valence-corrected chi connectivity index (χ4v) is 1.45. The van der Waals surface area contributed by atoms with E-state index in [0.29, 0.717) is 6.04 Å². The maximum absolute atomic E-state index is 5.61. The summed E-state index contributed by atoms with van der Waals surface area (Å²) < 4.78 is 0. The number of hydrogen-bond acceptors (Lipinski definition) is 3. The van der Waals surface area contributed by atoms with Gasteiger partial charge in [0.15, 0.2) is 0 Å². The van der Waals surface area contributed by atoms with Gasteiger partial charge in [0.1, 0.15) is 0 Å². The summed E-state index contributed by atoms with van der Waals surface area (Å²) in [5.74, 6) is 6.35. The topological polar surface area (TPSA) is 41.3 Å². The number of nitrogens with one attached hydrogen (secondary N) is 1. The van der Waals surface area contributed by atoms with Crippen molar-refractivity contribution in [2.24, 2.45) is 11.8 Å². The van der Waals surface area contributed by atoms with E-state index >= 15 is 0 Å². The highest BCUT2D eigenvalue weighted by molar-refractivity contribution is 4.90. The molecular formula is C11H27N3. The first-order valence-corrected chi connectivity index (χ1v) is 5.46. The summed E-state index contributed by atoms with van der Waals surface area (Å²) >= 11 is 0. The monoisotopic (exact) mass is 201 g/mol. The zero-order chi connectivity index (χ0) is 11.4. The number of nitrogens with zero attached hydrogens (tertiary/aromatic N) is 1. The van der Waals surface area contributed by atoms with E-state index in [-0.39, 0.29) is 5.54 Å². The van der Waals surface area contributed by atoms with Crippen molar-refractivity contribution in [1.29, 1.82) is 0 Å². The third kappa shape index (κ3) is 3.95. The van der Waals surface area contributed by atoms with E-state index in [9.17, 15) is 0 Å². The zero-order valence-corrected chi connectivity index (χ0v) is 10.6. The lowest BCUT2D eigenvalue weighted by atomic mass is 9.88. The molecule has 0 saturated heterocycles. The summed E-state index contributed by atoms with van der Waals surface area (Å²) in [5.41, 5.74) is 3.04. The molecule has 3 N–H and O–H groups in total. The highest BCUT2D eigenvalue weighted by Crippen LogP contribution is 2.20. The Hall–Kier alpha value is -0.120. The van der Waals surface area contributed by atoms with E-state index in [4.69, 9.17) is 5.84 Å². The normalized spacial score (nSPS) is 15.2. The summed E-state index contributed by atoms with van der Waals surface area (Å²) in [4.78, 5) is 2.22. The van der Waals surface area contributed by atoms with Gasteiger partial charge in [0.05, 0.1) is 0 Å². The first kappa shape index (κ1) is 13.9. The van der Waals surface area contributed by atoms with Gasteiger partial charge in [-0.15, -0.1) is 0 Å². The molecule has 1 unspecified atom stereocenters. The van der Waals surface area contributed by atoms with Crippen molar-refractivity contribution < 1.29 is 0 Å². The Bertz CT molecular complexity index is 153. The summed E-state index contributed by atoms with van der Waals surface area (Å²) in [6.07, 6.45) is 2.34. The number of rotatable bonds is 6. The van der Waals surface area contributed by atoms with Crippen molar-refractivity contribution in [1.82, 2.24) is 10.3 Å². The van der Waals surface area contributed by atoms with Crippen LogP contribution >= 0.6 is 0 Å². The van der Waals surface area contributed by atoms with Crippen molar-refractivity contribution in [3.63, 3.8) is 0 Å². The minimum absolute atomic E-state index is 0.101. The van der Waals surface area contributed by atoms with Gasteiger partial charge in [-0.05, 0) is 46.7 Å². The van der Waals surface area contributed by atoms with Crippen LogP contribution < -0.4 is 11.3 Å². The number of hydrogen-bond donors (Lipinski definition) is 2. The summed E-state index contributed by atoms with van der Waals surface area (Å²) in [6, 6.07) is 0.347. The SMILES string of the molecule is CC(C)CCC(NN)C(C)(C)N(C)C. The lowest BCUT2D eigenvalue weighted by Gasteiger charge is -2.40. The second-order valence-corrected chi connectivity index (χ2v) is 5.24. The van der Waals surface area contributed by atoms with E-state index in [0.717, 1.165) is 12.3 Å². The van der Waals surface area contributed by atoms with Crippen LogP contribution in [0.25, 0.3) is 0 Å². The van der Waals surface area contributed by atoms with Gasteiger partial charge in [-0.1, -0.05) is 13.8 Å². The number of hydrazine groups is 1. The van der Waals surface area contributed by atoms with Gasteiger partial charge >= 0.3 is 0 Å². The van der Waals surface area contributed by atoms with E-state index in [1.165, 1.54) is 6.42 Å². The standard InChI is InChI=1S/C11H27N3/c1-9(2)7-8-10(13-12)11(3,4)14(5)6/h9-10,13H,7-8,12H2,1-6H3. The predicted octanol–water partition coefficient (Wildman–Crippen LogP) is 1.59. The maximum Gasteiger partial charge on any atom is 0.0389 e. The molecule has 0 aromatic heterocycles. The second kappa shape index (κ2) is 5.69. The largest absolute Gasteiger partial charge is 0.303 e. The first-order valence-electron chi connectivity index (χ1n) is 5.46. The van der Waals surface area contributed by atoms with Gasteiger partial charge in [0, 0.05) is 11.6 Å². The molecule has 0 heterocycles. The highest BCUT2D eigenvalue weighted by Gasteiger charge is 2.30. The number of likely N-dealkylation sites (N-methyl/N-ethyl adjacent to an activating group) is 1. The molecule has 14 heavy (non-hydrogen) atoms. The van der Waals surface area contributed by atoms with Crippen molar-refractivity contribution in [3.05, 3.63) is 0 Å². The van der Waals surface area contributed by atoms with Gasteiger partial charge in [-0.25, -0.2) is 0 Å². The lowest BCUT2D eigenvalue weighted by molar-refractivity contribution is 0.129. The van der Waals surface area contributed by atoms with Crippen LogP contribution in [0.15, 0.2) is 0 Å². The van der Waals surface area contributed by atoms with Crippen LogP contribution in [0.5, 0.6) is 0 Å². The van der Waals surface area contributed by atoms with Gasteiger partial charge < -0.3 is 4.90 Å². The van der Waals surface area contributed by atoms with E-state index in [2.05, 4.69) is 52.1 Å². The molecule has 0 aliphatic rings. The van der Waals surface area contributed by atoms with Crippen LogP contribution in [-0.4, -0.2) is 30.6 Å². The molecule has 86 valence electrons. The van der Waals surface area contributed by atoms with Crippen LogP contribution in [0.4, 0.5) is 0 Å².